The van der Waals surface area contributed by atoms with Gasteiger partial charge in [-0.2, -0.15) is 0 Å². The maximum Gasteiger partial charge on any atom is -0.0162 e. The molecule has 0 saturated heterocycles. The third-order valence-electron chi connectivity index (χ3n) is 4.26. The van der Waals surface area contributed by atoms with Crippen molar-refractivity contribution >= 4 is 0 Å². The van der Waals surface area contributed by atoms with Crippen LogP contribution >= 0.6 is 0 Å². The van der Waals surface area contributed by atoms with Gasteiger partial charge < -0.3 is 0 Å². The molecule has 0 nitrogen and oxygen atoms in total. The molecule has 2 rings (SSSR count). The molecule has 1 aromatic rings. The summed E-state index contributed by atoms with van der Waals surface area (Å²) in [5, 5.41) is 0. The molecular weight excluding hydrogens is 204 g/mol. The molecule has 1 fully saturated rings. The molecule has 0 heteroatoms. The summed E-state index contributed by atoms with van der Waals surface area (Å²) in [6, 6.07) is 9.39. The van der Waals surface area contributed by atoms with Crippen molar-refractivity contribution in [2.45, 2.75) is 58.8 Å². The van der Waals surface area contributed by atoms with Gasteiger partial charge in [-0.05, 0) is 48.1 Å². The molecule has 94 valence electrons. The van der Waals surface area contributed by atoms with Crippen LogP contribution in [0.15, 0.2) is 24.3 Å². The van der Waals surface area contributed by atoms with E-state index in [4.69, 9.17) is 0 Å². The topological polar surface area (TPSA) is 0 Å². The van der Waals surface area contributed by atoms with Gasteiger partial charge in [0.2, 0.25) is 0 Å². The average Bonchev–Trinajstić information content (AvgIpc) is 2.82. The van der Waals surface area contributed by atoms with Gasteiger partial charge in [-0.15, -0.1) is 0 Å². The fourth-order valence-electron chi connectivity index (χ4n) is 3.16. The second kappa shape index (κ2) is 5.71. The summed E-state index contributed by atoms with van der Waals surface area (Å²) in [6.07, 6.45) is 6.97. The first kappa shape index (κ1) is 12.7. The van der Waals surface area contributed by atoms with Gasteiger partial charge in [-0.3, -0.25) is 0 Å². The van der Waals surface area contributed by atoms with Gasteiger partial charge in [0.05, 0.1) is 0 Å². The molecule has 1 atom stereocenters. The highest BCUT2D eigenvalue weighted by Gasteiger charge is 2.22. The Morgan fingerprint density at radius 1 is 1.00 bits per heavy atom. The van der Waals surface area contributed by atoms with Crippen LogP contribution < -0.4 is 0 Å². The van der Waals surface area contributed by atoms with Gasteiger partial charge in [0.15, 0.2) is 0 Å². The van der Waals surface area contributed by atoms with E-state index in [9.17, 15) is 0 Å². The zero-order chi connectivity index (χ0) is 12.3. The third kappa shape index (κ3) is 3.34. The van der Waals surface area contributed by atoms with Gasteiger partial charge >= 0.3 is 0 Å². The fourth-order valence-corrected chi connectivity index (χ4v) is 3.16. The standard InChI is InChI=1S/C17H26/c1-13(2)12-15-8-10-17(11-9-15)14(3)16-6-4-5-7-16/h8-11,13-14,16H,4-7,12H2,1-3H3. The zero-order valence-electron chi connectivity index (χ0n) is 11.6. The lowest BCUT2D eigenvalue weighted by Gasteiger charge is -2.19. The lowest BCUT2D eigenvalue weighted by atomic mass is 9.86. The average molecular weight is 230 g/mol. The molecule has 0 aromatic heterocycles. The van der Waals surface area contributed by atoms with E-state index in [1.54, 1.807) is 5.56 Å². The van der Waals surface area contributed by atoms with Crippen molar-refractivity contribution in [2.75, 3.05) is 0 Å². The molecular formula is C17H26. The maximum absolute atomic E-state index is 2.41. The van der Waals surface area contributed by atoms with Crippen LogP contribution in [0, 0.1) is 11.8 Å². The van der Waals surface area contributed by atoms with E-state index in [1.807, 2.05) is 0 Å². The molecule has 1 aromatic carbocycles. The molecule has 1 aliphatic rings. The lowest BCUT2D eigenvalue weighted by molar-refractivity contribution is 0.461. The summed E-state index contributed by atoms with van der Waals surface area (Å²) in [4.78, 5) is 0. The first-order chi connectivity index (χ1) is 8.16. The van der Waals surface area contributed by atoms with Crippen LogP contribution in [-0.2, 0) is 6.42 Å². The first-order valence-corrected chi connectivity index (χ1v) is 7.25. The molecule has 17 heavy (non-hydrogen) atoms. The molecule has 1 aliphatic carbocycles. The van der Waals surface area contributed by atoms with Gasteiger partial charge in [0.25, 0.3) is 0 Å². The van der Waals surface area contributed by atoms with E-state index in [0.29, 0.717) is 0 Å². The van der Waals surface area contributed by atoms with Crippen molar-refractivity contribution < 1.29 is 0 Å². The Morgan fingerprint density at radius 2 is 1.59 bits per heavy atom. The molecule has 0 N–H and O–H groups in total. The quantitative estimate of drug-likeness (QED) is 0.668. The second-order valence-corrected chi connectivity index (χ2v) is 6.17. The minimum Gasteiger partial charge on any atom is -0.0625 e. The van der Waals surface area contributed by atoms with E-state index in [-0.39, 0.29) is 0 Å². The van der Waals surface area contributed by atoms with Crippen LogP contribution in [0.25, 0.3) is 0 Å². The maximum atomic E-state index is 2.41. The van der Waals surface area contributed by atoms with E-state index < -0.39 is 0 Å². The van der Waals surface area contributed by atoms with Crippen LogP contribution in [-0.4, -0.2) is 0 Å². The minimum absolute atomic E-state index is 0.755. The SMILES string of the molecule is CC(C)Cc1ccc(C(C)C2CCCC2)cc1. The highest BCUT2D eigenvalue weighted by Crippen LogP contribution is 2.36. The number of benzene rings is 1. The summed E-state index contributed by atoms with van der Waals surface area (Å²) in [6.45, 7) is 6.98. The largest absolute Gasteiger partial charge is 0.0625 e. The normalized spacial score (nSPS) is 18.8. The smallest absolute Gasteiger partial charge is 0.0162 e. The number of hydrogen-bond donors (Lipinski definition) is 0. The summed E-state index contributed by atoms with van der Waals surface area (Å²) in [5.74, 6) is 2.45. The molecule has 0 bridgehead atoms. The third-order valence-corrected chi connectivity index (χ3v) is 4.26. The molecule has 0 aliphatic heterocycles. The van der Waals surface area contributed by atoms with Gasteiger partial charge in [0.1, 0.15) is 0 Å². The summed E-state index contributed by atoms with van der Waals surface area (Å²) in [7, 11) is 0. The van der Waals surface area contributed by atoms with Crippen LogP contribution in [0.5, 0.6) is 0 Å². The summed E-state index contributed by atoms with van der Waals surface area (Å²) < 4.78 is 0. The van der Waals surface area contributed by atoms with Gasteiger partial charge in [-0.1, -0.05) is 57.9 Å². The van der Waals surface area contributed by atoms with Crippen LogP contribution in [0.1, 0.15) is 63.5 Å². The Balaban J connectivity index is 2.01. The highest BCUT2D eigenvalue weighted by molar-refractivity contribution is 5.26. The Kier molecular flexibility index (Phi) is 4.25. The van der Waals surface area contributed by atoms with Crippen LogP contribution in [0.3, 0.4) is 0 Å². The Bertz CT molecular complexity index is 328. The van der Waals surface area contributed by atoms with Crippen molar-refractivity contribution in [1.29, 1.82) is 0 Å². The summed E-state index contributed by atoms with van der Waals surface area (Å²) in [5.41, 5.74) is 3.03. The Hall–Kier alpha value is -0.780. The number of hydrogen-bond acceptors (Lipinski definition) is 0. The molecule has 0 spiro atoms. The van der Waals surface area contributed by atoms with Crippen LogP contribution in [0.4, 0.5) is 0 Å². The van der Waals surface area contributed by atoms with Crippen molar-refractivity contribution in [2.24, 2.45) is 11.8 Å². The monoisotopic (exact) mass is 230 g/mol. The van der Waals surface area contributed by atoms with Gasteiger partial charge in [-0.25, -0.2) is 0 Å². The van der Waals surface area contributed by atoms with E-state index in [2.05, 4.69) is 45.0 Å². The van der Waals surface area contributed by atoms with E-state index >= 15 is 0 Å². The fraction of sp³-hybridized carbons (Fsp3) is 0.647. The van der Waals surface area contributed by atoms with Crippen molar-refractivity contribution in [3.8, 4) is 0 Å². The van der Waals surface area contributed by atoms with Crippen molar-refractivity contribution in [3.05, 3.63) is 35.4 Å². The van der Waals surface area contributed by atoms with E-state index in [0.717, 1.165) is 17.8 Å². The predicted molar refractivity (Wildman–Crippen MR) is 75.4 cm³/mol. The first-order valence-electron chi connectivity index (χ1n) is 7.25. The highest BCUT2D eigenvalue weighted by atomic mass is 14.3. The van der Waals surface area contributed by atoms with Crippen LogP contribution in [0.2, 0.25) is 0 Å². The minimum atomic E-state index is 0.755. The number of rotatable bonds is 4. The molecule has 1 unspecified atom stereocenters. The van der Waals surface area contributed by atoms with E-state index in [1.165, 1.54) is 37.7 Å². The van der Waals surface area contributed by atoms with Crippen molar-refractivity contribution in [1.82, 2.24) is 0 Å². The molecule has 0 radical (unpaired) electrons. The molecule has 0 amide bonds. The van der Waals surface area contributed by atoms with Gasteiger partial charge in [0, 0.05) is 0 Å². The predicted octanol–water partition coefficient (Wildman–Crippen LogP) is 5.18. The summed E-state index contributed by atoms with van der Waals surface area (Å²) >= 11 is 0. The second-order valence-electron chi connectivity index (χ2n) is 6.17. The lowest BCUT2D eigenvalue weighted by Crippen LogP contribution is -2.06. The molecule has 0 heterocycles. The Labute approximate surface area is 106 Å². The Morgan fingerprint density at radius 3 is 2.12 bits per heavy atom. The molecule has 1 saturated carbocycles. The zero-order valence-corrected chi connectivity index (χ0v) is 11.6. The van der Waals surface area contributed by atoms with Crippen molar-refractivity contribution in [3.63, 3.8) is 0 Å².